The van der Waals surface area contributed by atoms with E-state index in [-0.39, 0.29) is 0 Å². The number of benzene rings is 7. The lowest BCUT2D eigenvalue weighted by Crippen LogP contribution is -2.30. The summed E-state index contributed by atoms with van der Waals surface area (Å²) in [6.07, 6.45) is 2.42. The largest absolute Gasteiger partial charge is 0.311 e. The van der Waals surface area contributed by atoms with E-state index in [2.05, 4.69) is 195 Å². The molecule has 0 fully saturated rings. The van der Waals surface area contributed by atoms with Gasteiger partial charge >= 0.3 is 0 Å². The summed E-state index contributed by atoms with van der Waals surface area (Å²) < 4.78 is 0. The second-order valence-electron chi connectivity index (χ2n) is 13.1. The van der Waals surface area contributed by atoms with Gasteiger partial charge in [0.25, 0.3) is 0 Å². The second kappa shape index (κ2) is 11.1. The Bertz CT molecular complexity index is 2250. The average molecular weight is 614 g/mol. The normalized spacial score (nSPS) is 13.5. The molecular weight excluding hydrogens is 579 g/mol. The maximum atomic E-state index is 2.42. The third-order valence-electron chi connectivity index (χ3n) is 10.3. The summed E-state index contributed by atoms with van der Waals surface area (Å²) in [5, 5.41) is 0. The van der Waals surface area contributed by atoms with Crippen LogP contribution in [0.15, 0.2) is 170 Å². The molecule has 1 spiro atoms. The van der Waals surface area contributed by atoms with Crippen LogP contribution in [0.25, 0.3) is 22.8 Å². The Morgan fingerprint density at radius 3 is 1.29 bits per heavy atom. The summed E-state index contributed by atoms with van der Waals surface area (Å²) in [6, 6.07) is 62.8. The summed E-state index contributed by atoms with van der Waals surface area (Å²) in [5.41, 5.74) is 18.4. The van der Waals surface area contributed by atoms with Gasteiger partial charge in [-0.2, -0.15) is 0 Å². The fourth-order valence-electron chi connectivity index (χ4n) is 8.07. The SMILES string of the molecule is Cc1ccc(N(c2ccc(C)cc2)c2ccc(C3=Cc4ccccc4C4(c5ccccc53)c3ccccc3-c3ccccc34)cc2)cc1. The van der Waals surface area contributed by atoms with E-state index in [1.807, 2.05) is 0 Å². The Morgan fingerprint density at radius 1 is 0.375 bits per heavy atom. The number of hydrogen-bond acceptors (Lipinski definition) is 1. The van der Waals surface area contributed by atoms with E-state index in [9.17, 15) is 0 Å². The fraction of sp³-hybridized carbons (Fsp3) is 0.0638. The number of aryl methyl sites for hydroxylation is 2. The van der Waals surface area contributed by atoms with Gasteiger partial charge in [0.2, 0.25) is 0 Å². The number of anilines is 3. The lowest BCUT2D eigenvalue weighted by atomic mass is 9.66. The van der Waals surface area contributed by atoms with Crippen molar-refractivity contribution in [2.45, 2.75) is 19.3 Å². The van der Waals surface area contributed by atoms with Crippen LogP contribution in [0.3, 0.4) is 0 Å². The lowest BCUT2D eigenvalue weighted by Gasteiger charge is -2.35. The van der Waals surface area contributed by atoms with Gasteiger partial charge in [0.15, 0.2) is 0 Å². The average Bonchev–Trinajstić information content (AvgIpc) is 3.36. The molecule has 0 aromatic heterocycles. The molecule has 2 aliphatic carbocycles. The minimum Gasteiger partial charge on any atom is -0.311 e. The van der Waals surface area contributed by atoms with Crippen molar-refractivity contribution in [3.63, 3.8) is 0 Å². The Balaban J connectivity index is 1.24. The highest BCUT2D eigenvalue weighted by Gasteiger charge is 2.48. The molecule has 228 valence electrons. The van der Waals surface area contributed by atoms with E-state index in [0.717, 1.165) is 17.1 Å². The van der Waals surface area contributed by atoms with Gasteiger partial charge in [-0.1, -0.05) is 145 Å². The predicted octanol–water partition coefficient (Wildman–Crippen LogP) is 12.0. The lowest BCUT2D eigenvalue weighted by molar-refractivity contribution is 0.766. The maximum absolute atomic E-state index is 2.42. The van der Waals surface area contributed by atoms with E-state index < -0.39 is 5.41 Å². The summed E-state index contributed by atoms with van der Waals surface area (Å²) in [6.45, 7) is 4.27. The molecule has 0 saturated carbocycles. The topological polar surface area (TPSA) is 3.24 Å². The van der Waals surface area contributed by atoms with E-state index >= 15 is 0 Å². The predicted molar refractivity (Wildman–Crippen MR) is 201 cm³/mol. The van der Waals surface area contributed by atoms with Gasteiger partial charge in [-0.05, 0) is 112 Å². The van der Waals surface area contributed by atoms with Gasteiger partial charge in [0, 0.05) is 17.1 Å². The first kappa shape index (κ1) is 28.3. The maximum Gasteiger partial charge on any atom is 0.0725 e. The summed E-state index contributed by atoms with van der Waals surface area (Å²) >= 11 is 0. The van der Waals surface area contributed by atoms with E-state index in [1.165, 1.54) is 66.8 Å². The number of hydrogen-bond donors (Lipinski definition) is 0. The monoisotopic (exact) mass is 613 g/mol. The quantitative estimate of drug-likeness (QED) is 0.191. The molecule has 7 aromatic carbocycles. The van der Waals surface area contributed by atoms with Crippen LogP contribution in [0, 0.1) is 13.8 Å². The molecule has 0 amide bonds. The zero-order valence-corrected chi connectivity index (χ0v) is 27.2. The van der Waals surface area contributed by atoms with Crippen LogP contribution in [0.1, 0.15) is 50.1 Å². The second-order valence-corrected chi connectivity index (χ2v) is 13.1. The first-order chi connectivity index (χ1) is 23.6. The van der Waals surface area contributed by atoms with E-state index in [4.69, 9.17) is 0 Å². The minimum absolute atomic E-state index is 0.424. The van der Waals surface area contributed by atoms with Crippen LogP contribution in [-0.2, 0) is 5.41 Å². The molecule has 48 heavy (non-hydrogen) atoms. The Morgan fingerprint density at radius 2 is 0.771 bits per heavy atom. The zero-order valence-electron chi connectivity index (χ0n) is 27.2. The van der Waals surface area contributed by atoms with Crippen molar-refractivity contribution >= 4 is 28.7 Å². The van der Waals surface area contributed by atoms with Crippen molar-refractivity contribution in [1.82, 2.24) is 0 Å². The van der Waals surface area contributed by atoms with Crippen LogP contribution < -0.4 is 4.90 Å². The van der Waals surface area contributed by atoms with Crippen LogP contribution in [0.2, 0.25) is 0 Å². The van der Waals surface area contributed by atoms with Gasteiger partial charge in [-0.25, -0.2) is 0 Å². The molecule has 7 aromatic rings. The molecule has 0 bridgehead atoms. The molecule has 0 aliphatic heterocycles. The van der Waals surface area contributed by atoms with E-state index in [1.54, 1.807) is 0 Å². The molecule has 1 nitrogen and oxygen atoms in total. The van der Waals surface area contributed by atoms with Crippen LogP contribution in [-0.4, -0.2) is 0 Å². The molecule has 0 atom stereocenters. The first-order valence-corrected chi connectivity index (χ1v) is 16.8. The van der Waals surface area contributed by atoms with Crippen molar-refractivity contribution in [2.75, 3.05) is 4.90 Å². The third-order valence-corrected chi connectivity index (χ3v) is 10.3. The molecule has 0 N–H and O–H groups in total. The summed E-state index contributed by atoms with van der Waals surface area (Å²) in [4.78, 5) is 2.34. The highest BCUT2D eigenvalue weighted by atomic mass is 15.1. The molecule has 1 heteroatoms. The van der Waals surface area contributed by atoms with Crippen molar-refractivity contribution in [2.24, 2.45) is 0 Å². The minimum atomic E-state index is -0.424. The van der Waals surface area contributed by atoms with E-state index in [0.29, 0.717) is 0 Å². The molecule has 0 radical (unpaired) electrons. The van der Waals surface area contributed by atoms with Crippen molar-refractivity contribution < 1.29 is 0 Å². The molecule has 0 heterocycles. The number of fused-ring (bicyclic) bond motifs is 9. The summed E-state index contributed by atoms with van der Waals surface area (Å²) in [7, 11) is 0. The van der Waals surface area contributed by atoms with Gasteiger partial charge in [-0.3, -0.25) is 0 Å². The Kier molecular flexibility index (Phi) is 6.55. The van der Waals surface area contributed by atoms with Crippen molar-refractivity contribution in [1.29, 1.82) is 0 Å². The Hall–Kier alpha value is -5.92. The molecule has 0 unspecified atom stereocenters. The van der Waals surface area contributed by atoms with Crippen molar-refractivity contribution in [3.05, 3.63) is 220 Å². The van der Waals surface area contributed by atoms with Crippen LogP contribution in [0.4, 0.5) is 17.1 Å². The molecular formula is C47H35N. The zero-order chi connectivity index (χ0) is 32.2. The first-order valence-electron chi connectivity index (χ1n) is 16.8. The van der Waals surface area contributed by atoms with Crippen LogP contribution in [0.5, 0.6) is 0 Å². The fourth-order valence-corrected chi connectivity index (χ4v) is 8.07. The van der Waals surface area contributed by atoms with Crippen molar-refractivity contribution in [3.8, 4) is 11.1 Å². The van der Waals surface area contributed by atoms with Gasteiger partial charge in [0.05, 0.1) is 5.41 Å². The highest BCUT2D eigenvalue weighted by Crippen LogP contribution is 2.59. The van der Waals surface area contributed by atoms with Crippen LogP contribution >= 0.6 is 0 Å². The molecule has 0 saturated heterocycles. The standard InChI is InChI=1S/C47H35N/c1-32-19-25-36(26-20-32)48(37-27-21-33(2)22-28-37)38-29-23-34(24-30-38)42-31-35-11-3-7-15-43(35)47(46-18-10-6-14-41(42)46)44-16-8-4-12-39(44)40-13-5-9-17-45(40)47/h3-31H,1-2H3. The highest BCUT2D eigenvalue weighted by molar-refractivity contribution is 5.99. The number of rotatable bonds is 4. The molecule has 9 rings (SSSR count). The summed E-state index contributed by atoms with van der Waals surface area (Å²) in [5.74, 6) is 0. The third kappa shape index (κ3) is 4.25. The van der Waals surface area contributed by atoms with Gasteiger partial charge in [0.1, 0.15) is 0 Å². The smallest absolute Gasteiger partial charge is 0.0725 e. The van der Waals surface area contributed by atoms with Gasteiger partial charge in [-0.15, -0.1) is 0 Å². The number of nitrogens with zero attached hydrogens (tertiary/aromatic N) is 1. The molecule has 2 aliphatic rings. The van der Waals surface area contributed by atoms with Gasteiger partial charge < -0.3 is 4.90 Å². The Labute approximate surface area is 283 Å².